The normalized spacial score (nSPS) is 21.2. The first-order valence-electron chi connectivity index (χ1n) is 22.8. The SMILES string of the molecule is COc1cccc(C(=O)OOC(=O)OC2CCC(C(C3CCC(OC(=O)OOC(=O)c4cccc(OC)c4OC)CC3)C3CCC(OC(=O)OOC(=O)c4cccc(OC)c4OC)CC3)CC2)c1OC. The van der Waals surface area contributed by atoms with Gasteiger partial charge in [-0.2, -0.15) is 14.4 Å². The van der Waals surface area contributed by atoms with Crippen molar-refractivity contribution in [2.24, 2.45) is 23.7 Å². The second-order valence-electron chi connectivity index (χ2n) is 16.8. The monoisotopic (exact) mass is 982 g/mol. The molecule has 0 heterocycles. The summed E-state index contributed by atoms with van der Waals surface area (Å²) in [4.78, 5) is 105. The van der Waals surface area contributed by atoms with Gasteiger partial charge in [0.05, 0.1) is 42.7 Å². The van der Waals surface area contributed by atoms with Gasteiger partial charge in [-0.05, 0) is 137 Å². The Hall–Kier alpha value is -7.32. The molecule has 0 N–H and O–H groups in total. The Morgan fingerprint density at radius 1 is 0.357 bits per heavy atom. The number of para-hydroxylation sites is 3. The molecule has 0 aliphatic heterocycles. The van der Waals surface area contributed by atoms with Crippen LogP contribution in [-0.2, 0) is 43.5 Å². The van der Waals surface area contributed by atoms with E-state index in [1.807, 2.05) is 0 Å². The van der Waals surface area contributed by atoms with Gasteiger partial charge in [0, 0.05) is 0 Å². The third-order valence-corrected chi connectivity index (χ3v) is 13.0. The Kier molecular flexibility index (Phi) is 18.8. The predicted octanol–water partition coefficient (Wildman–Crippen LogP) is 9.11. The minimum atomic E-state index is -1.16. The van der Waals surface area contributed by atoms with Gasteiger partial charge in [-0.3, -0.25) is 0 Å². The largest absolute Gasteiger partial charge is 0.550 e. The summed E-state index contributed by atoms with van der Waals surface area (Å²) in [5.41, 5.74) is -0.0360. The van der Waals surface area contributed by atoms with E-state index in [-0.39, 0.29) is 74.9 Å². The van der Waals surface area contributed by atoms with Crippen molar-refractivity contribution in [1.82, 2.24) is 0 Å². The number of carbonyl (C=O) groups excluding carboxylic acids is 6. The molecule has 3 saturated carbocycles. The zero-order chi connectivity index (χ0) is 50.2. The molecule has 0 aromatic heterocycles. The smallest absolute Gasteiger partial charge is 0.493 e. The Bertz CT molecular complexity index is 2020. The van der Waals surface area contributed by atoms with Crippen LogP contribution in [0.3, 0.4) is 0 Å². The first-order valence-corrected chi connectivity index (χ1v) is 22.8. The molecule has 21 nitrogen and oxygen atoms in total. The summed E-state index contributed by atoms with van der Waals surface area (Å²) in [5.74, 6) is -0.810. The highest BCUT2D eigenvalue weighted by molar-refractivity contribution is 5.94. The van der Waals surface area contributed by atoms with E-state index in [4.69, 9.17) is 72.0 Å². The lowest BCUT2D eigenvalue weighted by molar-refractivity contribution is -0.209. The molecule has 0 bridgehead atoms. The van der Waals surface area contributed by atoms with Crippen molar-refractivity contribution in [2.75, 3.05) is 42.7 Å². The fourth-order valence-electron chi connectivity index (χ4n) is 9.89. The van der Waals surface area contributed by atoms with Crippen molar-refractivity contribution < 1.29 is 101 Å². The molecule has 70 heavy (non-hydrogen) atoms. The number of hydrogen-bond acceptors (Lipinski definition) is 21. The van der Waals surface area contributed by atoms with E-state index < -0.39 is 54.7 Å². The maximum atomic E-state index is 12.7. The molecule has 0 spiro atoms. The Labute approximate surface area is 403 Å². The van der Waals surface area contributed by atoms with E-state index in [0.717, 1.165) is 38.5 Å². The molecular formula is C49H58O21. The molecule has 3 fully saturated rings. The Balaban J connectivity index is 1.02. The van der Waals surface area contributed by atoms with Crippen LogP contribution in [0.2, 0.25) is 0 Å². The van der Waals surface area contributed by atoms with Gasteiger partial charge in [0.1, 0.15) is 35.0 Å². The van der Waals surface area contributed by atoms with E-state index >= 15 is 0 Å². The van der Waals surface area contributed by atoms with Gasteiger partial charge in [-0.15, -0.1) is 0 Å². The average Bonchev–Trinajstić information content (AvgIpc) is 3.39. The number of ether oxygens (including phenoxy) is 9. The lowest BCUT2D eigenvalue weighted by atomic mass is 9.61. The van der Waals surface area contributed by atoms with Crippen LogP contribution < -0.4 is 28.4 Å². The quantitative estimate of drug-likeness (QED) is 0.0596. The van der Waals surface area contributed by atoms with Crippen LogP contribution >= 0.6 is 0 Å². The average molecular weight is 983 g/mol. The van der Waals surface area contributed by atoms with Gasteiger partial charge in [-0.25, -0.2) is 43.7 Å². The second kappa shape index (κ2) is 25.3. The summed E-state index contributed by atoms with van der Waals surface area (Å²) in [6.07, 6.45) is 2.59. The van der Waals surface area contributed by atoms with Crippen LogP contribution in [-0.4, -0.2) is 97.3 Å². The summed E-state index contributed by atoms with van der Waals surface area (Å²) in [7, 11) is 8.33. The van der Waals surface area contributed by atoms with Crippen molar-refractivity contribution in [2.45, 2.75) is 95.4 Å². The maximum Gasteiger partial charge on any atom is 0.550 e. The van der Waals surface area contributed by atoms with Gasteiger partial charge in [-0.1, -0.05) is 18.2 Å². The molecule has 0 saturated heterocycles. The van der Waals surface area contributed by atoms with Gasteiger partial charge in [0.15, 0.2) is 34.5 Å². The third kappa shape index (κ3) is 13.3. The molecule has 0 amide bonds. The molecule has 0 unspecified atom stereocenters. The van der Waals surface area contributed by atoms with E-state index in [1.165, 1.54) is 60.9 Å². The molecule has 6 rings (SSSR count). The highest BCUT2D eigenvalue weighted by Gasteiger charge is 2.42. The lowest BCUT2D eigenvalue weighted by Gasteiger charge is -2.45. The predicted molar refractivity (Wildman–Crippen MR) is 238 cm³/mol. The van der Waals surface area contributed by atoms with Crippen molar-refractivity contribution in [1.29, 1.82) is 0 Å². The topological polar surface area (TPSA) is 241 Å². The van der Waals surface area contributed by atoms with E-state index in [2.05, 4.69) is 0 Å². The molecule has 3 aliphatic carbocycles. The highest BCUT2D eigenvalue weighted by atomic mass is 17.2. The van der Waals surface area contributed by atoms with Crippen LogP contribution in [0.5, 0.6) is 34.5 Å². The summed E-state index contributed by atoms with van der Waals surface area (Å²) >= 11 is 0. The van der Waals surface area contributed by atoms with Crippen LogP contribution in [0.15, 0.2) is 54.6 Å². The van der Waals surface area contributed by atoms with Gasteiger partial charge >= 0.3 is 36.4 Å². The summed E-state index contributed by atoms with van der Waals surface area (Å²) in [5, 5.41) is 0. The van der Waals surface area contributed by atoms with Crippen LogP contribution in [0, 0.1) is 23.7 Å². The minimum Gasteiger partial charge on any atom is -0.493 e. The van der Waals surface area contributed by atoms with Crippen LogP contribution in [0.1, 0.15) is 108 Å². The van der Waals surface area contributed by atoms with Crippen molar-refractivity contribution in [3.8, 4) is 34.5 Å². The number of hydrogen-bond donors (Lipinski definition) is 0. The number of carbonyl (C=O) groups is 6. The van der Waals surface area contributed by atoms with E-state index in [9.17, 15) is 28.8 Å². The third-order valence-electron chi connectivity index (χ3n) is 13.0. The first-order chi connectivity index (χ1) is 33.9. The molecule has 3 aliphatic rings. The summed E-state index contributed by atoms with van der Waals surface area (Å²) < 4.78 is 48.1. The number of benzene rings is 3. The van der Waals surface area contributed by atoms with Crippen LogP contribution in [0.25, 0.3) is 0 Å². The fraction of sp³-hybridized carbons (Fsp3) is 0.510. The second-order valence-corrected chi connectivity index (χ2v) is 16.8. The van der Waals surface area contributed by atoms with Crippen molar-refractivity contribution >= 4 is 36.4 Å². The van der Waals surface area contributed by atoms with Gasteiger partial charge in [0.2, 0.25) is 0 Å². The highest BCUT2D eigenvalue weighted by Crippen LogP contribution is 2.49. The standard InChI is InChI=1S/C49H58O21/c1-56-37-13-7-10-34(41(37)59-4)44(50)65-68-47(53)62-31-22-16-28(17-23-31)40(29-18-24-32(25-19-29)63-48(54)69-66-45(51)35-11-8-14-38(57-2)42(35)60-5)30-20-26-33(27-21-30)64-49(55)70-67-46(52)36-12-9-15-39(58-3)43(36)61-6/h7-15,28-33,40H,16-27H2,1-6H3. The number of methoxy groups -OCH3 is 6. The van der Waals surface area contributed by atoms with E-state index in [0.29, 0.717) is 38.5 Å². The Morgan fingerprint density at radius 2 is 0.614 bits per heavy atom. The fourth-order valence-corrected chi connectivity index (χ4v) is 9.89. The van der Waals surface area contributed by atoms with Gasteiger partial charge < -0.3 is 42.6 Å². The molecule has 0 radical (unpaired) electrons. The molecule has 3 aromatic rings. The van der Waals surface area contributed by atoms with Crippen molar-refractivity contribution in [3.63, 3.8) is 0 Å². The van der Waals surface area contributed by atoms with Crippen molar-refractivity contribution in [3.05, 3.63) is 71.3 Å². The van der Waals surface area contributed by atoms with Gasteiger partial charge in [0.25, 0.3) is 0 Å². The zero-order valence-corrected chi connectivity index (χ0v) is 39.8. The lowest BCUT2D eigenvalue weighted by Crippen LogP contribution is -2.39. The first kappa shape index (κ1) is 52.1. The molecule has 3 aromatic carbocycles. The van der Waals surface area contributed by atoms with E-state index in [1.54, 1.807) is 36.4 Å². The zero-order valence-electron chi connectivity index (χ0n) is 39.8. The molecular weight excluding hydrogens is 925 g/mol. The molecule has 21 heteroatoms. The number of rotatable bonds is 15. The minimum absolute atomic E-state index is 0.0120. The molecule has 380 valence electrons. The Morgan fingerprint density at radius 3 is 0.843 bits per heavy atom. The van der Waals surface area contributed by atoms with Crippen LogP contribution in [0.4, 0.5) is 14.4 Å². The summed E-state index contributed by atoms with van der Waals surface area (Å²) in [6, 6.07) is 13.8. The molecule has 0 atom stereocenters. The maximum absolute atomic E-state index is 12.7. The summed E-state index contributed by atoms with van der Waals surface area (Å²) in [6.45, 7) is 0.